The van der Waals surface area contributed by atoms with E-state index in [1.165, 1.54) is 0 Å². The molecule has 2 N–H and O–H groups in total. The summed E-state index contributed by atoms with van der Waals surface area (Å²) in [4.78, 5) is 21.8. The highest BCUT2D eigenvalue weighted by molar-refractivity contribution is 8.02. The third kappa shape index (κ3) is 8.83. The molecule has 0 aliphatic heterocycles. The van der Waals surface area contributed by atoms with E-state index in [0.29, 0.717) is 10.2 Å². The first kappa shape index (κ1) is 31.7. The summed E-state index contributed by atoms with van der Waals surface area (Å²) in [5.74, 6) is -27.4. The van der Waals surface area contributed by atoms with Crippen LogP contribution >= 0.6 is 0 Å². The zero-order valence-electron chi connectivity index (χ0n) is 16.6. The number of carbonyl (C=O) groups excluding carboxylic acids is 2. The van der Waals surface area contributed by atoms with E-state index in [2.05, 4.69) is 20.2 Å². The highest BCUT2D eigenvalue weighted by Crippen LogP contribution is 2.52. The van der Waals surface area contributed by atoms with Crippen molar-refractivity contribution < 1.29 is 75.2 Å². The van der Waals surface area contributed by atoms with Crippen LogP contribution in [-0.4, -0.2) is 85.2 Å². The zero-order valence-corrected chi connectivity index (χ0v) is 18.3. The number of ether oxygens (including phenoxy) is 2. The van der Waals surface area contributed by atoms with Crippen molar-refractivity contribution in [3.63, 3.8) is 0 Å². The highest BCUT2D eigenvalue weighted by atomic mass is 32.3. The van der Waals surface area contributed by atoms with E-state index in [4.69, 9.17) is 0 Å². The Bertz CT molecular complexity index is 971. The van der Waals surface area contributed by atoms with Gasteiger partial charge >= 0.3 is 46.1 Å². The number of carbonyl (C=O) groups is 2. The van der Waals surface area contributed by atoms with E-state index < -0.39 is 82.4 Å². The van der Waals surface area contributed by atoms with Gasteiger partial charge in [0.1, 0.15) is 13.2 Å². The molecule has 200 valence electrons. The Morgan fingerprint density at radius 1 is 0.882 bits per heavy atom. The fraction of sp³-hybridized carbons (Fsp3) is 0.692. The maximum absolute atomic E-state index is 13.7. The van der Waals surface area contributed by atoms with Crippen LogP contribution in [0.25, 0.3) is 0 Å². The second-order valence-electron chi connectivity index (χ2n) is 6.00. The van der Waals surface area contributed by atoms with Crippen molar-refractivity contribution in [1.29, 1.82) is 0 Å². The standard InChI is InChI=1S/C13H16F8N2O9S2/c1-3-8(24)30-5-4-22-9(25)31-6-10(14,15)12(18,19)13(20,21)11(16,17)7-32-34(28,29)23-33(2,26)27/h3,23H,1,4-7H2,2H3,(H,22,25). The van der Waals surface area contributed by atoms with Crippen molar-refractivity contribution in [3.05, 3.63) is 12.7 Å². The van der Waals surface area contributed by atoms with Crippen LogP contribution in [0, 0.1) is 0 Å². The molecule has 0 aromatic carbocycles. The SMILES string of the molecule is C=CC(=O)OCCNC(=O)OCC(F)(F)C(F)(F)C(F)(F)C(F)(F)COS(=O)(=O)NS(C)(=O)=O. The van der Waals surface area contributed by atoms with Gasteiger partial charge in [-0.1, -0.05) is 10.7 Å². The fourth-order valence-electron chi connectivity index (χ4n) is 1.57. The van der Waals surface area contributed by atoms with E-state index in [0.717, 1.165) is 0 Å². The number of nitrogens with one attached hydrogen (secondary N) is 2. The molecule has 11 nitrogen and oxygen atoms in total. The maximum atomic E-state index is 13.7. The molecule has 0 saturated heterocycles. The van der Waals surface area contributed by atoms with Gasteiger partial charge in [-0.2, -0.15) is 43.5 Å². The minimum Gasteiger partial charge on any atom is -0.461 e. The van der Waals surface area contributed by atoms with Crippen LogP contribution in [0.1, 0.15) is 0 Å². The van der Waals surface area contributed by atoms with Gasteiger partial charge in [0.2, 0.25) is 10.0 Å². The van der Waals surface area contributed by atoms with Gasteiger partial charge in [0.05, 0.1) is 12.8 Å². The monoisotopic (exact) mass is 560 g/mol. The van der Waals surface area contributed by atoms with Gasteiger partial charge in [-0.05, 0) is 0 Å². The van der Waals surface area contributed by atoms with Crippen molar-refractivity contribution in [2.24, 2.45) is 0 Å². The second-order valence-corrected chi connectivity index (χ2v) is 9.36. The summed E-state index contributed by atoms with van der Waals surface area (Å²) in [6.45, 7) is -4.22. The van der Waals surface area contributed by atoms with Gasteiger partial charge in [-0.25, -0.2) is 18.0 Å². The van der Waals surface area contributed by atoms with Gasteiger partial charge in [0.15, 0.2) is 6.61 Å². The van der Waals surface area contributed by atoms with E-state index in [1.54, 1.807) is 5.32 Å². The van der Waals surface area contributed by atoms with Gasteiger partial charge < -0.3 is 14.8 Å². The average Bonchev–Trinajstić information content (AvgIpc) is 2.65. The van der Waals surface area contributed by atoms with Gasteiger partial charge in [-0.3, -0.25) is 4.18 Å². The molecule has 0 radical (unpaired) electrons. The number of alkyl carbamates (subject to hydrolysis) is 1. The number of halogens is 8. The molecule has 1 amide bonds. The molecule has 0 saturated carbocycles. The fourth-order valence-corrected chi connectivity index (χ4v) is 3.55. The molecule has 0 spiro atoms. The normalized spacial score (nSPS) is 13.8. The summed E-state index contributed by atoms with van der Waals surface area (Å²) >= 11 is 0. The van der Waals surface area contributed by atoms with Crippen LogP contribution in [-0.2, 0) is 38.8 Å². The second kappa shape index (κ2) is 11.0. The predicted octanol–water partition coefficient (Wildman–Crippen LogP) is 0.794. The lowest BCUT2D eigenvalue weighted by Crippen LogP contribution is -2.64. The molecule has 0 heterocycles. The number of alkyl halides is 8. The topological polar surface area (TPSA) is 154 Å². The Kier molecular flexibility index (Phi) is 10.3. The first-order valence-corrected chi connectivity index (χ1v) is 11.4. The van der Waals surface area contributed by atoms with Gasteiger partial charge in [-0.15, -0.1) is 0 Å². The molecule has 21 heteroatoms. The lowest BCUT2D eigenvalue weighted by Gasteiger charge is -2.36. The van der Waals surface area contributed by atoms with Crippen LogP contribution in [0.3, 0.4) is 0 Å². The van der Waals surface area contributed by atoms with Crippen LogP contribution in [0.15, 0.2) is 12.7 Å². The number of hydrogen-bond acceptors (Lipinski definition) is 9. The molecule has 0 fully saturated rings. The molecule has 0 aromatic rings. The summed E-state index contributed by atoms with van der Waals surface area (Å²) in [7, 11) is -10.5. The van der Waals surface area contributed by atoms with E-state index in [9.17, 15) is 61.5 Å². The minimum atomic E-state index is -7.01. The average molecular weight is 560 g/mol. The summed E-state index contributed by atoms with van der Waals surface area (Å²) in [6, 6.07) is 0. The lowest BCUT2D eigenvalue weighted by atomic mass is 9.99. The number of esters is 1. The van der Waals surface area contributed by atoms with Crippen molar-refractivity contribution in [3.8, 4) is 0 Å². The maximum Gasteiger partial charge on any atom is 0.407 e. The molecule has 34 heavy (non-hydrogen) atoms. The van der Waals surface area contributed by atoms with Crippen molar-refractivity contribution in [2.75, 3.05) is 32.6 Å². The summed E-state index contributed by atoms with van der Waals surface area (Å²) in [6.07, 6.45) is -1.04. The summed E-state index contributed by atoms with van der Waals surface area (Å²) in [5.41, 5.74) is 0. The molecule has 0 bridgehead atoms. The number of sulfonamides is 1. The zero-order chi connectivity index (χ0) is 27.2. The molecule has 0 aliphatic carbocycles. The molecule has 0 aliphatic rings. The molecular formula is C13H16F8N2O9S2. The highest BCUT2D eigenvalue weighted by Gasteiger charge is 2.81. The Morgan fingerprint density at radius 3 is 1.79 bits per heavy atom. The van der Waals surface area contributed by atoms with Crippen molar-refractivity contribution in [1.82, 2.24) is 9.44 Å². The Labute approximate surface area is 186 Å². The van der Waals surface area contributed by atoms with Crippen LogP contribution in [0.4, 0.5) is 39.9 Å². The predicted molar refractivity (Wildman–Crippen MR) is 93.1 cm³/mol. The molecule has 0 atom stereocenters. The minimum absolute atomic E-state index is 0.166. The van der Waals surface area contributed by atoms with Gasteiger partial charge in [0, 0.05) is 6.08 Å². The molecule has 0 rings (SSSR count). The van der Waals surface area contributed by atoms with E-state index in [1.807, 2.05) is 0 Å². The van der Waals surface area contributed by atoms with Gasteiger partial charge in [0.25, 0.3) is 0 Å². The quantitative estimate of drug-likeness (QED) is 0.136. The third-order valence-electron chi connectivity index (χ3n) is 3.13. The van der Waals surface area contributed by atoms with Crippen LogP contribution < -0.4 is 9.44 Å². The Morgan fingerprint density at radius 2 is 1.35 bits per heavy atom. The number of hydrogen-bond donors (Lipinski definition) is 2. The van der Waals surface area contributed by atoms with Crippen molar-refractivity contribution >= 4 is 32.4 Å². The Hall–Kier alpha value is -2.26. The third-order valence-corrected chi connectivity index (χ3v) is 5.58. The number of rotatable bonds is 14. The lowest BCUT2D eigenvalue weighted by molar-refractivity contribution is -0.372. The number of amides is 1. The molecule has 0 aromatic heterocycles. The van der Waals surface area contributed by atoms with Crippen LogP contribution in [0.5, 0.6) is 0 Å². The molecular weight excluding hydrogens is 544 g/mol. The first-order chi connectivity index (χ1) is 15.0. The largest absolute Gasteiger partial charge is 0.461 e. The van der Waals surface area contributed by atoms with Crippen molar-refractivity contribution in [2.45, 2.75) is 23.7 Å². The summed E-state index contributed by atoms with van der Waals surface area (Å²) < 4.78 is 164. The van der Waals surface area contributed by atoms with Crippen LogP contribution in [0.2, 0.25) is 0 Å². The molecule has 0 unspecified atom stereocenters. The Balaban J connectivity index is 5.26. The van der Waals surface area contributed by atoms with E-state index >= 15 is 0 Å². The summed E-state index contributed by atoms with van der Waals surface area (Å²) in [5, 5.41) is 1.58. The smallest absolute Gasteiger partial charge is 0.407 e. The van der Waals surface area contributed by atoms with E-state index in [-0.39, 0.29) is 6.26 Å². The first-order valence-electron chi connectivity index (χ1n) is 8.10.